The van der Waals surface area contributed by atoms with Gasteiger partial charge in [-0.1, -0.05) is 31.2 Å². The van der Waals surface area contributed by atoms with Crippen molar-refractivity contribution in [1.29, 1.82) is 0 Å². The highest BCUT2D eigenvalue weighted by Gasteiger charge is 2.08. The maximum Gasteiger partial charge on any atom is 0.257 e. The largest absolute Gasteiger partial charge is 0.332 e. The van der Waals surface area contributed by atoms with Gasteiger partial charge in [-0.15, -0.1) is 0 Å². The molecule has 0 aliphatic rings. The Bertz CT molecular complexity index is 732. The van der Waals surface area contributed by atoms with Gasteiger partial charge in [-0.05, 0) is 49.0 Å². The molecule has 0 atom stereocenters. The Morgan fingerprint density at radius 3 is 2.29 bits per heavy atom. The van der Waals surface area contributed by atoms with E-state index in [1.807, 2.05) is 13.0 Å². The molecule has 3 N–H and O–H groups in total. The normalized spacial score (nSPS) is 9.88. The highest BCUT2D eigenvalue weighted by molar-refractivity contribution is 7.80. The summed E-state index contributed by atoms with van der Waals surface area (Å²) in [5.41, 5.74) is 1.89. The van der Waals surface area contributed by atoms with Crippen LogP contribution in [-0.4, -0.2) is 16.9 Å². The lowest BCUT2D eigenvalue weighted by Gasteiger charge is -2.11. The molecule has 2 aromatic carbocycles. The zero-order valence-electron chi connectivity index (χ0n) is 13.3. The van der Waals surface area contributed by atoms with Crippen LogP contribution in [0.4, 0.5) is 11.4 Å². The number of rotatable bonds is 5. The molecule has 0 radical (unpaired) electrons. The van der Waals surface area contributed by atoms with Crippen LogP contribution in [0, 0.1) is 0 Å². The van der Waals surface area contributed by atoms with Crippen molar-refractivity contribution in [2.75, 3.05) is 10.6 Å². The molecule has 6 heteroatoms. The second-order valence-corrected chi connectivity index (χ2v) is 5.56. The molecule has 5 nitrogen and oxygen atoms in total. The van der Waals surface area contributed by atoms with E-state index in [4.69, 9.17) is 12.2 Å². The van der Waals surface area contributed by atoms with Crippen molar-refractivity contribution in [1.82, 2.24) is 5.32 Å². The Labute approximate surface area is 146 Å². The zero-order chi connectivity index (χ0) is 17.4. The van der Waals surface area contributed by atoms with Gasteiger partial charge in [0.1, 0.15) is 0 Å². The fourth-order valence-electron chi connectivity index (χ4n) is 2.05. The van der Waals surface area contributed by atoms with Crippen LogP contribution in [0.3, 0.4) is 0 Å². The minimum absolute atomic E-state index is 0.0328. The van der Waals surface area contributed by atoms with Crippen LogP contribution in [0.5, 0.6) is 0 Å². The van der Waals surface area contributed by atoms with Gasteiger partial charge in [0.05, 0.1) is 0 Å². The Balaban J connectivity index is 1.94. The van der Waals surface area contributed by atoms with Crippen LogP contribution in [0.2, 0.25) is 0 Å². The molecule has 0 fully saturated rings. The van der Waals surface area contributed by atoms with E-state index in [0.717, 1.165) is 6.42 Å². The predicted molar refractivity (Wildman–Crippen MR) is 100 cm³/mol. The summed E-state index contributed by atoms with van der Waals surface area (Å²) < 4.78 is 0. The Hall–Kier alpha value is -2.73. The number of nitrogens with one attached hydrogen (secondary N) is 3. The molecular formula is C18H19N3O2S. The summed E-state index contributed by atoms with van der Waals surface area (Å²) in [6, 6.07) is 16.0. The Kier molecular flexibility index (Phi) is 6.45. The van der Waals surface area contributed by atoms with Crippen molar-refractivity contribution in [3.8, 4) is 0 Å². The van der Waals surface area contributed by atoms with Gasteiger partial charge in [-0.25, -0.2) is 0 Å². The fourth-order valence-corrected chi connectivity index (χ4v) is 2.26. The molecule has 0 unspecified atom stereocenters. The fraction of sp³-hybridized carbons (Fsp3) is 0.167. The van der Waals surface area contributed by atoms with Crippen LogP contribution >= 0.6 is 12.2 Å². The van der Waals surface area contributed by atoms with Gasteiger partial charge >= 0.3 is 0 Å². The summed E-state index contributed by atoms with van der Waals surface area (Å²) in [6.45, 7) is 1.95. The molecule has 2 amide bonds. The molecule has 124 valence electrons. The van der Waals surface area contributed by atoms with Crippen molar-refractivity contribution >= 4 is 40.5 Å². The maximum atomic E-state index is 12.0. The average molecular weight is 341 g/mol. The number of benzene rings is 2. The highest BCUT2D eigenvalue weighted by atomic mass is 32.1. The summed E-state index contributed by atoms with van der Waals surface area (Å²) in [5.74, 6) is -0.310. The standard InChI is InChI=1S/C18H19N3O2S/c1-2-7-16(22)19-14-10-6-11-15(12-14)20-18(24)21-17(23)13-8-4-3-5-9-13/h3-6,8-12H,2,7H2,1H3,(H,19,22)(H2,20,21,23,24). The summed E-state index contributed by atoms with van der Waals surface area (Å²) >= 11 is 5.15. The first-order valence-electron chi connectivity index (χ1n) is 7.66. The first-order valence-corrected chi connectivity index (χ1v) is 8.06. The minimum atomic E-state index is -0.277. The maximum absolute atomic E-state index is 12.0. The summed E-state index contributed by atoms with van der Waals surface area (Å²) in [4.78, 5) is 23.7. The number of thiocarbonyl (C=S) groups is 1. The lowest BCUT2D eigenvalue weighted by atomic mass is 10.2. The topological polar surface area (TPSA) is 70.2 Å². The first-order chi connectivity index (χ1) is 11.6. The van der Waals surface area contributed by atoms with Crippen molar-refractivity contribution in [3.63, 3.8) is 0 Å². The molecule has 0 saturated carbocycles. The third-order valence-electron chi connectivity index (χ3n) is 3.14. The average Bonchev–Trinajstić information content (AvgIpc) is 2.56. The number of carbonyl (C=O) groups excluding carboxylic acids is 2. The molecule has 0 bridgehead atoms. The minimum Gasteiger partial charge on any atom is -0.332 e. The lowest BCUT2D eigenvalue weighted by Crippen LogP contribution is -2.34. The molecule has 24 heavy (non-hydrogen) atoms. The molecule has 0 aliphatic carbocycles. The van der Waals surface area contributed by atoms with Gasteiger partial charge in [0, 0.05) is 23.4 Å². The summed E-state index contributed by atoms with van der Waals surface area (Å²) in [6.07, 6.45) is 1.27. The number of hydrogen-bond acceptors (Lipinski definition) is 3. The summed E-state index contributed by atoms with van der Waals surface area (Å²) in [7, 11) is 0. The van der Waals surface area contributed by atoms with Gasteiger partial charge in [0.15, 0.2) is 5.11 Å². The van der Waals surface area contributed by atoms with E-state index in [-0.39, 0.29) is 16.9 Å². The molecule has 2 aromatic rings. The van der Waals surface area contributed by atoms with Gasteiger partial charge in [0.2, 0.25) is 5.91 Å². The molecular weight excluding hydrogens is 322 g/mol. The second kappa shape index (κ2) is 8.79. The van der Waals surface area contributed by atoms with Crippen LogP contribution < -0.4 is 16.0 Å². The highest BCUT2D eigenvalue weighted by Crippen LogP contribution is 2.15. The van der Waals surface area contributed by atoms with Crippen molar-refractivity contribution < 1.29 is 9.59 Å². The monoisotopic (exact) mass is 341 g/mol. The van der Waals surface area contributed by atoms with E-state index in [2.05, 4.69) is 16.0 Å². The van der Waals surface area contributed by atoms with Gasteiger partial charge < -0.3 is 10.6 Å². The van der Waals surface area contributed by atoms with E-state index in [0.29, 0.717) is 23.4 Å². The number of carbonyl (C=O) groups is 2. The van der Waals surface area contributed by atoms with Crippen LogP contribution in [0.1, 0.15) is 30.1 Å². The van der Waals surface area contributed by atoms with Crippen LogP contribution in [0.15, 0.2) is 54.6 Å². The smallest absolute Gasteiger partial charge is 0.257 e. The molecule has 0 heterocycles. The van der Waals surface area contributed by atoms with Gasteiger partial charge in [0.25, 0.3) is 5.91 Å². The van der Waals surface area contributed by atoms with Gasteiger partial charge in [-0.2, -0.15) is 0 Å². The van der Waals surface area contributed by atoms with Crippen molar-refractivity contribution in [2.24, 2.45) is 0 Å². The van der Waals surface area contributed by atoms with E-state index >= 15 is 0 Å². The van der Waals surface area contributed by atoms with Crippen LogP contribution in [0.25, 0.3) is 0 Å². The number of anilines is 2. The molecule has 2 rings (SSSR count). The Morgan fingerprint density at radius 1 is 0.958 bits per heavy atom. The predicted octanol–water partition coefficient (Wildman–Crippen LogP) is 3.55. The second-order valence-electron chi connectivity index (χ2n) is 5.15. The molecule has 0 saturated heterocycles. The van der Waals surface area contributed by atoms with Crippen molar-refractivity contribution in [2.45, 2.75) is 19.8 Å². The van der Waals surface area contributed by atoms with E-state index < -0.39 is 0 Å². The summed E-state index contributed by atoms with van der Waals surface area (Å²) in [5, 5.41) is 8.56. The third-order valence-corrected chi connectivity index (χ3v) is 3.35. The van der Waals surface area contributed by atoms with E-state index in [1.165, 1.54) is 0 Å². The van der Waals surface area contributed by atoms with Crippen molar-refractivity contribution in [3.05, 3.63) is 60.2 Å². The first kappa shape index (κ1) is 17.6. The van der Waals surface area contributed by atoms with Gasteiger partial charge in [-0.3, -0.25) is 14.9 Å². The number of amides is 2. The molecule has 0 aromatic heterocycles. The number of hydrogen-bond donors (Lipinski definition) is 3. The third kappa shape index (κ3) is 5.48. The molecule has 0 spiro atoms. The lowest BCUT2D eigenvalue weighted by molar-refractivity contribution is -0.116. The van der Waals surface area contributed by atoms with Crippen LogP contribution in [-0.2, 0) is 4.79 Å². The SMILES string of the molecule is CCCC(=O)Nc1cccc(NC(=S)NC(=O)c2ccccc2)c1. The van der Waals surface area contributed by atoms with E-state index in [1.54, 1.807) is 48.5 Å². The van der Waals surface area contributed by atoms with E-state index in [9.17, 15) is 9.59 Å². The quantitative estimate of drug-likeness (QED) is 0.728. The molecule has 0 aliphatic heterocycles. The Morgan fingerprint density at radius 2 is 1.62 bits per heavy atom. The zero-order valence-corrected chi connectivity index (χ0v) is 14.2.